The zero-order valence-electron chi connectivity index (χ0n) is 10.5. The van der Waals surface area contributed by atoms with Gasteiger partial charge in [0.2, 0.25) is 0 Å². The largest absolute Gasteiger partial charge is 0.390 e. The number of benzene rings is 1. The molecule has 0 bridgehead atoms. The molecule has 0 unspecified atom stereocenters. The SMILES string of the molecule is OCC(F)(F)[C@H](c1ccccc1I)N1CCNCC1. The highest BCUT2D eigenvalue weighted by Crippen LogP contribution is 2.38. The second kappa shape index (κ2) is 6.43. The number of aliphatic hydroxyl groups is 1. The van der Waals surface area contributed by atoms with Gasteiger partial charge in [-0.25, -0.2) is 8.78 Å². The van der Waals surface area contributed by atoms with Gasteiger partial charge in [-0.05, 0) is 34.2 Å². The maximum Gasteiger partial charge on any atom is 0.289 e. The van der Waals surface area contributed by atoms with Crippen molar-refractivity contribution in [2.24, 2.45) is 0 Å². The quantitative estimate of drug-likeness (QED) is 0.781. The van der Waals surface area contributed by atoms with Crippen LogP contribution in [0.15, 0.2) is 24.3 Å². The summed E-state index contributed by atoms with van der Waals surface area (Å²) in [4.78, 5) is 1.75. The van der Waals surface area contributed by atoms with Crippen LogP contribution in [-0.4, -0.2) is 48.7 Å². The van der Waals surface area contributed by atoms with E-state index in [0.29, 0.717) is 31.7 Å². The van der Waals surface area contributed by atoms with E-state index in [4.69, 9.17) is 5.11 Å². The summed E-state index contributed by atoms with van der Waals surface area (Å²) in [6.07, 6.45) is 0. The molecular formula is C13H17F2IN2O. The van der Waals surface area contributed by atoms with E-state index in [1.54, 1.807) is 17.0 Å². The van der Waals surface area contributed by atoms with Gasteiger partial charge < -0.3 is 10.4 Å². The summed E-state index contributed by atoms with van der Waals surface area (Å²) in [5.41, 5.74) is 0.587. The van der Waals surface area contributed by atoms with Crippen LogP contribution in [-0.2, 0) is 0 Å². The average Bonchev–Trinajstić information content (AvgIpc) is 2.42. The molecule has 1 atom stereocenters. The Hall–Kier alpha value is -0.310. The minimum Gasteiger partial charge on any atom is -0.390 e. The smallest absolute Gasteiger partial charge is 0.289 e. The van der Waals surface area contributed by atoms with Crippen molar-refractivity contribution < 1.29 is 13.9 Å². The van der Waals surface area contributed by atoms with E-state index >= 15 is 0 Å². The molecule has 1 heterocycles. The Morgan fingerprint density at radius 2 is 1.95 bits per heavy atom. The van der Waals surface area contributed by atoms with Crippen molar-refractivity contribution in [2.75, 3.05) is 32.8 Å². The van der Waals surface area contributed by atoms with E-state index in [0.717, 1.165) is 3.57 Å². The molecule has 0 aromatic heterocycles. The Morgan fingerprint density at radius 1 is 1.32 bits per heavy atom. The van der Waals surface area contributed by atoms with Crippen LogP contribution in [0.1, 0.15) is 11.6 Å². The van der Waals surface area contributed by atoms with E-state index in [1.165, 1.54) is 0 Å². The first-order valence-electron chi connectivity index (χ1n) is 6.24. The summed E-state index contributed by atoms with van der Waals surface area (Å²) >= 11 is 2.07. The van der Waals surface area contributed by atoms with Crippen molar-refractivity contribution in [1.29, 1.82) is 0 Å². The standard InChI is InChI=1S/C13H17F2IN2O/c14-13(15,9-19)12(18-7-5-17-6-8-18)10-3-1-2-4-11(10)16/h1-4,12,17,19H,5-9H2/t12-/m0/s1. The molecule has 1 fully saturated rings. The van der Waals surface area contributed by atoms with Crippen LogP contribution >= 0.6 is 22.6 Å². The summed E-state index contributed by atoms with van der Waals surface area (Å²) in [6.45, 7) is 1.38. The highest BCUT2D eigenvalue weighted by Gasteiger charge is 2.44. The topological polar surface area (TPSA) is 35.5 Å². The summed E-state index contributed by atoms with van der Waals surface area (Å²) in [7, 11) is 0. The summed E-state index contributed by atoms with van der Waals surface area (Å²) in [6, 6.07) is 6.07. The van der Waals surface area contributed by atoms with Gasteiger partial charge in [-0.15, -0.1) is 0 Å². The minimum atomic E-state index is -3.14. The number of hydrogen-bond donors (Lipinski definition) is 2. The van der Waals surface area contributed by atoms with Gasteiger partial charge in [0.1, 0.15) is 12.6 Å². The minimum absolute atomic E-state index is 0.561. The number of alkyl halides is 2. The zero-order chi connectivity index (χ0) is 13.9. The van der Waals surface area contributed by atoms with Gasteiger partial charge in [-0.1, -0.05) is 18.2 Å². The van der Waals surface area contributed by atoms with Crippen molar-refractivity contribution in [2.45, 2.75) is 12.0 Å². The van der Waals surface area contributed by atoms with Crippen molar-refractivity contribution >= 4 is 22.6 Å². The zero-order valence-corrected chi connectivity index (χ0v) is 12.6. The van der Waals surface area contributed by atoms with Gasteiger partial charge in [0.15, 0.2) is 0 Å². The second-order valence-electron chi connectivity index (χ2n) is 4.63. The molecule has 2 N–H and O–H groups in total. The van der Waals surface area contributed by atoms with Gasteiger partial charge >= 0.3 is 0 Å². The Kier molecular flexibility index (Phi) is 5.10. The number of rotatable bonds is 4. The van der Waals surface area contributed by atoms with Crippen LogP contribution in [0.5, 0.6) is 0 Å². The van der Waals surface area contributed by atoms with Crippen molar-refractivity contribution in [3.8, 4) is 0 Å². The number of aliphatic hydroxyl groups excluding tert-OH is 1. The van der Waals surface area contributed by atoms with E-state index in [1.807, 2.05) is 12.1 Å². The maximum atomic E-state index is 14.2. The molecule has 3 nitrogen and oxygen atoms in total. The summed E-state index contributed by atoms with van der Waals surface area (Å²) in [5.74, 6) is -3.14. The molecule has 6 heteroatoms. The van der Waals surface area contributed by atoms with Crippen LogP contribution < -0.4 is 5.32 Å². The molecule has 106 valence electrons. The summed E-state index contributed by atoms with van der Waals surface area (Å²) in [5, 5.41) is 12.2. The first-order valence-corrected chi connectivity index (χ1v) is 7.32. The van der Waals surface area contributed by atoms with E-state index in [2.05, 4.69) is 27.9 Å². The fourth-order valence-corrected chi connectivity index (χ4v) is 3.10. The number of halogens is 3. The predicted octanol–water partition coefficient (Wildman–Crippen LogP) is 1.87. The lowest BCUT2D eigenvalue weighted by atomic mass is 9.98. The Balaban J connectivity index is 2.36. The lowest BCUT2D eigenvalue weighted by Gasteiger charge is -2.39. The monoisotopic (exact) mass is 382 g/mol. The molecule has 1 aliphatic heterocycles. The van der Waals surface area contributed by atoms with Crippen LogP contribution in [0.25, 0.3) is 0 Å². The van der Waals surface area contributed by atoms with E-state index in [9.17, 15) is 8.78 Å². The van der Waals surface area contributed by atoms with Gasteiger partial charge in [-0.3, -0.25) is 4.90 Å². The third kappa shape index (κ3) is 3.42. The molecule has 0 radical (unpaired) electrons. The third-order valence-corrected chi connectivity index (χ3v) is 4.31. The lowest BCUT2D eigenvalue weighted by Crippen LogP contribution is -2.51. The van der Waals surface area contributed by atoms with Crippen molar-refractivity contribution in [1.82, 2.24) is 10.2 Å². The molecule has 2 rings (SSSR count). The van der Waals surface area contributed by atoms with Gasteiger partial charge in [0, 0.05) is 29.7 Å². The lowest BCUT2D eigenvalue weighted by molar-refractivity contribution is -0.118. The Morgan fingerprint density at radius 3 is 2.53 bits per heavy atom. The maximum absolute atomic E-state index is 14.2. The molecule has 0 spiro atoms. The molecule has 19 heavy (non-hydrogen) atoms. The number of nitrogens with one attached hydrogen (secondary N) is 1. The van der Waals surface area contributed by atoms with Gasteiger partial charge in [0.05, 0.1) is 0 Å². The van der Waals surface area contributed by atoms with Gasteiger partial charge in [0.25, 0.3) is 5.92 Å². The van der Waals surface area contributed by atoms with Crippen LogP contribution in [0, 0.1) is 3.57 Å². The molecule has 1 aromatic carbocycles. The van der Waals surface area contributed by atoms with Crippen molar-refractivity contribution in [3.63, 3.8) is 0 Å². The Labute approximate surface area is 125 Å². The molecule has 1 aromatic rings. The van der Waals surface area contributed by atoms with Gasteiger partial charge in [-0.2, -0.15) is 0 Å². The first kappa shape index (κ1) is 15.1. The predicted molar refractivity (Wildman–Crippen MR) is 78.4 cm³/mol. The second-order valence-corrected chi connectivity index (χ2v) is 5.79. The molecule has 0 amide bonds. The Bertz CT molecular complexity index is 425. The third-order valence-electron chi connectivity index (χ3n) is 3.33. The van der Waals surface area contributed by atoms with Crippen LogP contribution in [0.3, 0.4) is 0 Å². The molecular weight excluding hydrogens is 365 g/mol. The number of hydrogen-bond acceptors (Lipinski definition) is 3. The molecule has 0 aliphatic carbocycles. The number of piperazine rings is 1. The summed E-state index contributed by atoms with van der Waals surface area (Å²) < 4.78 is 29.1. The van der Waals surface area contributed by atoms with E-state index in [-0.39, 0.29) is 0 Å². The fraction of sp³-hybridized carbons (Fsp3) is 0.538. The fourth-order valence-electron chi connectivity index (χ4n) is 2.41. The van der Waals surface area contributed by atoms with Crippen molar-refractivity contribution in [3.05, 3.63) is 33.4 Å². The average molecular weight is 382 g/mol. The number of nitrogens with zero attached hydrogens (tertiary/aromatic N) is 1. The van der Waals surface area contributed by atoms with E-state index < -0.39 is 18.6 Å². The normalized spacial score (nSPS) is 19.4. The molecule has 1 aliphatic rings. The highest BCUT2D eigenvalue weighted by atomic mass is 127. The first-order chi connectivity index (χ1) is 9.06. The van der Waals surface area contributed by atoms with Crippen LogP contribution in [0.2, 0.25) is 0 Å². The van der Waals surface area contributed by atoms with Crippen LogP contribution in [0.4, 0.5) is 8.78 Å². The molecule has 0 saturated carbocycles. The highest BCUT2D eigenvalue weighted by molar-refractivity contribution is 14.1. The molecule has 1 saturated heterocycles.